The first-order chi connectivity index (χ1) is 14.3. The second-order valence-corrected chi connectivity index (χ2v) is 8.62. The van der Waals surface area contributed by atoms with E-state index in [-0.39, 0.29) is 12.0 Å². The Kier molecular flexibility index (Phi) is 5.42. The Labute approximate surface area is 178 Å². The average molecular weight is 434 g/mol. The monoisotopic (exact) mass is 433 g/mol. The Morgan fingerprint density at radius 1 is 1.37 bits per heavy atom. The number of anilines is 2. The minimum Gasteiger partial charge on any atom is -0.477 e. The Morgan fingerprint density at radius 2 is 2.20 bits per heavy atom. The molecule has 160 valence electrons. The van der Waals surface area contributed by atoms with Gasteiger partial charge in [-0.1, -0.05) is 11.6 Å². The van der Waals surface area contributed by atoms with Crippen LogP contribution in [0.5, 0.6) is 5.88 Å². The summed E-state index contributed by atoms with van der Waals surface area (Å²) in [6.45, 7) is 7.19. The van der Waals surface area contributed by atoms with Crippen LogP contribution in [0, 0.1) is 5.92 Å². The smallest absolute Gasteiger partial charge is 0.410 e. The number of hydrogen-bond donors (Lipinski definition) is 3. The lowest BCUT2D eigenvalue weighted by Crippen LogP contribution is -2.35. The predicted molar refractivity (Wildman–Crippen MR) is 112 cm³/mol. The van der Waals surface area contributed by atoms with E-state index < -0.39 is 5.60 Å². The molecule has 1 aliphatic rings. The van der Waals surface area contributed by atoms with Crippen molar-refractivity contribution in [2.45, 2.75) is 32.8 Å². The number of amides is 1. The second-order valence-electron chi connectivity index (χ2n) is 8.22. The van der Waals surface area contributed by atoms with Crippen LogP contribution < -0.4 is 10.1 Å². The molecule has 1 fully saturated rings. The zero-order valence-electron chi connectivity index (χ0n) is 17.0. The summed E-state index contributed by atoms with van der Waals surface area (Å²) in [6.07, 6.45) is 5.50. The summed E-state index contributed by atoms with van der Waals surface area (Å²) in [4.78, 5) is 25.9. The van der Waals surface area contributed by atoms with E-state index in [0.29, 0.717) is 47.6 Å². The number of H-pyrrole nitrogens is 2. The summed E-state index contributed by atoms with van der Waals surface area (Å²) in [6, 6.07) is 0. The molecule has 1 aliphatic heterocycles. The van der Waals surface area contributed by atoms with Gasteiger partial charge in [0.25, 0.3) is 0 Å². The van der Waals surface area contributed by atoms with Crippen molar-refractivity contribution in [1.29, 1.82) is 0 Å². The van der Waals surface area contributed by atoms with Gasteiger partial charge >= 0.3 is 6.09 Å². The molecule has 1 amide bonds. The molecule has 3 aromatic rings. The lowest BCUT2D eigenvalue weighted by molar-refractivity contribution is 0.0284. The molecule has 3 N–H and O–H groups in total. The highest BCUT2D eigenvalue weighted by Crippen LogP contribution is 2.32. The fourth-order valence-corrected chi connectivity index (χ4v) is 3.46. The Bertz CT molecular complexity index is 1030. The average Bonchev–Trinajstić information content (AvgIpc) is 3.40. The van der Waals surface area contributed by atoms with E-state index in [1.807, 2.05) is 20.8 Å². The van der Waals surface area contributed by atoms with Crippen molar-refractivity contribution >= 4 is 40.4 Å². The van der Waals surface area contributed by atoms with E-state index >= 15 is 0 Å². The summed E-state index contributed by atoms with van der Waals surface area (Å²) in [5.41, 5.74) is 0.779. The fourth-order valence-electron chi connectivity index (χ4n) is 3.23. The van der Waals surface area contributed by atoms with Crippen LogP contribution in [-0.4, -0.2) is 61.4 Å². The van der Waals surface area contributed by atoms with Gasteiger partial charge in [0.15, 0.2) is 0 Å². The van der Waals surface area contributed by atoms with Gasteiger partial charge < -0.3 is 24.7 Å². The van der Waals surface area contributed by atoms with Gasteiger partial charge in [0.1, 0.15) is 11.2 Å². The molecule has 0 saturated carbocycles. The number of nitrogens with one attached hydrogen (secondary N) is 3. The molecule has 0 aromatic carbocycles. The van der Waals surface area contributed by atoms with Gasteiger partial charge in [-0.3, -0.25) is 5.10 Å². The van der Waals surface area contributed by atoms with Crippen molar-refractivity contribution in [3.8, 4) is 5.88 Å². The van der Waals surface area contributed by atoms with Crippen LogP contribution in [0.15, 0.2) is 18.6 Å². The summed E-state index contributed by atoms with van der Waals surface area (Å²) < 4.78 is 11.5. The molecule has 4 rings (SSSR count). The quantitative estimate of drug-likeness (QED) is 0.560. The van der Waals surface area contributed by atoms with Gasteiger partial charge in [0, 0.05) is 31.4 Å². The molecule has 3 aromatic heterocycles. The molecule has 10 nitrogen and oxygen atoms in total. The zero-order chi connectivity index (χ0) is 21.3. The number of carbonyl (C=O) groups is 1. The molecule has 1 saturated heterocycles. The van der Waals surface area contributed by atoms with Crippen LogP contribution in [0.3, 0.4) is 0 Å². The van der Waals surface area contributed by atoms with Crippen molar-refractivity contribution in [1.82, 2.24) is 30.0 Å². The van der Waals surface area contributed by atoms with Crippen molar-refractivity contribution in [3.63, 3.8) is 0 Å². The molecule has 0 aliphatic carbocycles. The number of ether oxygens (including phenoxy) is 2. The largest absolute Gasteiger partial charge is 0.477 e. The maximum absolute atomic E-state index is 12.3. The molecule has 30 heavy (non-hydrogen) atoms. The van der Waals surface area contributed by atoms with E-state index in [1.54, 1.807) is 23.5 Å². The van der Waals surface area contributed by atoms with E-state index in [0.717, 1.165) is 12.1 Å². The third kappa shape index (κ3) is 4.59. The molecular formula is C19H24ClN7O3. The minimum atomic E-state index is -0.512. The minimum absolute atomic E-state index is 0.172. The molecule has 0 spiro atoms. The second kappa shape index (κ2) is 8.02. The van der Waals surface area contributed by atoms with Crippen LogP contribution in [0.2, 0.25) is 5.02 Å². The molecule has 11 heteroatoms. The number of nitrogens with zero attached hydrogens (tertiary/aromatic N) is 4. The third-order valence-corrected chi connectivity index (χ3v) is 4.90. The van der Waals surface area contributed by atoms with Gasteiger partial charge in [0.2, 0.25) is 11.8 Å². The van der Waals surface area contributed by atoms with Crippen LogP contribution in [-0.2, 0) is 4.74 Å². The summed E-state index contributed by atoms with van der Waals surface area (Å²) in [5.74, 6) is 0.915. The summed E-state index contributed by atoms with van der Waals surface area (Å²) >= 11 is 6.30. The van der Waals surface area contributed by atoms with E-state index in [1.165, 1.54) is 0 Å². The molecular weight excluding hydrogens is 410 g/mol. The van der Waals surface area contributed by atoms with Crippen LogP contribution in [0.4, 0.5) is 16.4 Å². The lowest BCUT2D eigenvalue weighted by atomic mass is 10.1. The first-order valence-corrected chi connectivity index (χ1v) is 10.1. The molecule has 0 bridgehead atoms. The fraction of sp³-hybridized carbons (Fsp3) is 0.474. The van der Waals surface area contributed by atoms with Crippen LogP contribution in [0.25, 0.3) is 11.0 Å². The van der Waals surface area contributed by atoms with Crippen molar-refractivity contribution in [2.24, 2.45) is 5.92 Å². The number of halogens is 1. The SMILES string of the molecule is CC(C)(C)OC(=O)N1CCC(COc2nc(Nc3cn[nH]c3)nc3[nH]cc(Cl)c23)C1. The lowest BCUT2D eigenvalue weighted by Gasteiger charge is -2.24. The van der Waals surface area contributed by atoms with Gasteiger partial charge in [-0.05, 0) is 27.2 Å². The number of hydrogen-bond acceptors (Lipinski definition) is 7. The highest BCUT2D eigenvalue weighted by Gasteiger charge is 2.30. The maximum atomic E-state index is 12.3. The van der Waals surface area contributed by atoms with Gasteiger partial charge in [-0.2, -0.15) is 15.1 Å². The molecule has 1 unspecified atom stereocenters. The topological polar surface area (TPSA) is 121 Å². The van der Waals surface area contributed by atoms with E-state index in [2.05, 4.69) is 30.5 Å². The maximum Gasteiger partial charge on any atom is 0.410 e. The molecule has 1 atom stereocenters. The number of aromatic amines is 2. The first-order valence-electron chi connectivity index (χ1n) is 9.69. The number of rotatable bonds is 5. The standard InChI is InChI=1S/C19H24ClN7O3/c1-19(2,3)30-18(28)27-5-4-11(9-27)10-29-16-14-13(20)8-21-15(14)25-17(26-16)24-12-6-22-23-7-12/h6-8,11H,4-5,9-10H2,1-3H3,(H,22,23)(H2,21,24,25,26). The van der Waals surface area contributed by atoms with Crippen molar-refractivity contribution in [3.05, 3.63) is 23.6 Å². The highest BCUT2D eigenvalue weighted by molar-refractivity contribution is 6.35. The zero-order valence-corrected chi connectivity index (χ0v) is 17.8. The van der Waals surface area contributed by atoms with E-state index in [4.69, 9.17) is 21.1 Å². The normalized spacial score (nSPS) is 16.8. The van der Waals surface area contributed by atoms with Gasteiger partial charge in [-0.15, -0.1) is 0 Å². The Morgan fingerprint density at radius 3 is 2.93 bits per heavy atom. The number of fused-ring (bicyclic) bond motifs is 1. The Balaban J connectivity index is 1.45. The predicted octanol–water partition coefficient (Wildman–Crippen LogP) is 3.71. The number of carbonyl (C=O) groups excluding carboxylic acids is 1. The van der Waals surface area contributed by atoms with Crippen LogP contribution >= 0.6 is 11.6 Å². The molecule has 4 heterocycles. The Hall–Kier alpha value is -3.01. The number of aromatic nitrogens is 5. The van der Waals surface area contributed by atoms with Crippen molar-refractivity contribution in [2.75, 3.05) is 25.0 Å². The van der Waals surface area contributed by atoms with Crippen molar-refractivity contribution < 1.29 is 14.3 Å². The first kappa shape index (κ1) is 20.3. The van der Waals surface area contributed by atoms with Crippen LogP contribution in [0.1, 0.15) is 27.2 Å². The summed E-state index contributed by atoms with van der Waals surface area (Å²) in [7, 11) is 0. The van der Waals surface area contributed by atoms with E-state index in [9.17, 15) is 4.79 Å². The summed E-state index contributed by atoms with van der Waals surface area (Å²) in [5, 5.41) is 10.8. The number of likely N-dealkylation sites (tertiary alicyclic amines) is 1. The van der Waals surface area contributed by atoms with Gasteiger partial charge in [-0.25, -0.2) is 4.79 Å². The third-order valence-electron chi connectivity index (χ3n) is 4.60. The van der Waals surface area contributed by atoms with Gasteiger partial charge in [0.05, 0.1) is 28.9 Å². The molecule has 0 radical (unpaired) electrons. The highest BCUT2D eigenvalue weighted by atomic mass is 35.5.